The van der Waals surface area contributed by atoms with Gasteiger partial charge in [0.25, 0.3) is 0 Å². The number of carbonyl (C=O) groups is 2. The number of nitrogen functional groups attached to an aromatic ring is 1. The van der Waals surface area contributed by atoms with Gasteiger partial charge < -0.3 is 15.4 Å². The molecule has 0 bridgehead atoms. The van der Waals surface area contributed by atoms with Crippen molar-refractivity contribution in [3.8, 4) is 17.0 Å². The second-order valence-corrected chi connectivity index (χ2v) is 9.63. The van der Waals surface area contributed by atoms with Crippen LogP contribution in [-0.4, -0.2) is 75.7 Å². The number of methoxy groups -OCH3 is 1. The third-order valence-corrected chi connectivity index (χ3v) is 6.93. The van der Waals surface area contributed by atoms with Crippen molar-refractivity contribution < 1.29 is 18.7 Å². The van der Waals surface area contributed by atoms with Crippen LogP contribution in [0.1, 0.15) is 55.7 Å². The zero-order chi connectivity index (χ0) is 26.1. The minimum absolute atomic E-state index is 0.0688. The van der Waals surface area contributed by atoms with Gasteiger partial charge in [-0.25, -0.2) is 14.4 Å². The standard InChI is InChI=1S/C26H33FN6O3/c1-15(2)31(4)14-21(35)32-9-6-7-17(13-32)26-30-23(24-25(28)29-8-10-33(24)26)22-19(27)11-18(16(3)34)12-20(22)36-5/h8,10-12,15,17H,6-7,9,13-14H2,1-5H3,(H2,28,29). The lowest BCUT2D eigenvalue weighted by atomic mass is 9.97. The number of nitrogens with zero attached hydrogens (tertiary/aromatic N) is 5. The highest BCUT2D eigenvalue weighted by Crippen LogP contribution is 2.39. The Morgan fingerprint density at radius 2 is 2.08 bits per heavy atom. The van der Waals surface area contributed by atoms with Crippen LogP contribution in [-0.2, 0) is 4.79 Å². The molecule has 1 unspecified atom stereocenters. The van der Waals surface area contributed by atoms with E-state index in [4.69, 9.17) is 15.5 Å². The monoisotopic (exact) mass is 496 g/mol. The molecular weight excluding hydrogens is 463 g/mol. The molecule has 3 aromatic rings. The van der Waals surface area contributed by atoms with E-state index in [0.717, 1.165) is 12.8 Å². The number of benzene rings is 1. The number of nitrogens with two attached hydrogens (primary N) is 1. The summed E-state index contributed by atoms with van der Waals surface area (Å²) in [6.45, 7) is 7.03. The molecule has 10 heteroatoms. The molecule has 1 amide bonds. The number of ketones is 1. The molecule has 1 aliphatic rings. The fraction of sp³-hybridized carbons (Fsp3) is 0.462. The summed E-state index contributed by atoms with van der Waals surface area (Å²) in [7, 11) is 3.36. The van der Waals surface area contributed by atoms with Crippen LogP contribution in [0.2, 0.25) is 0 Å². The third-order valence-electron chi connectivity index (χ3n) is 6.93. The van der Waals surface area contributed by atoms with Crippen LogP contribution in [0.5, 0.6) is 5.75 Å². The van der Waals surface area contributed by atoms with Crippen LogP contribution in [0, 0.1) is 5.82 Å². The minimum Gasteiger partial charge on any atom is -0.496 e. The van der Waals surface area contributed by atoms with Gasteiger partial charge in [-0.05, 0) is 52.8 Å². The number of halogens is 1. The lowest BCUT2D eigenvalue weighted by molar-refractivity contribution is -0.133. The number of hydrogen-bond donors (Lipinski definition) is 1. The zero-order valence-electron chi connectivity index (χ0n) is 21.4. The first-order valence-corrected chi connectivity index (χ1v) is 12.1. The molecule has 1 aromatic carbocycles. The molecule has 0 saturated carbocycles. The van der Waals surface area contributed by atoms with Gasteiger partial charge in [0.1, 0.15) is 34.4 Å². The van der Waals surface area contributed by atoms with Crippen molar-refractivity contribution in [1.29, 1.82) is 0 Å². The Morgan fingerprint density at radius 3 is 2.75 bits per heavy atom. The Hall–Kier alpha value is -3.53. The number of Topliss-reactive ketones (excluding diaryl/α,β-unsaturated/α-hetero) is 1. The molecule has 0 radical (unpaired) electrons. The number of likely N-dealkylation sites (N-methyl/N-ethyl adjacent to an activating group) is 1. The molecule has 4 rings (SSSR count). The van der Waals surface area contributed by atoms with Crippen molar-refractivity contribution in [2.24, 2.45) is 0 Å². The van der Waals surface area contributed by atoms with Crippen molar-refractivity contribution in [1.82, 2.24) is 24.2 Å². The van der Waals surface area contributed by atoms with Crippen LogP contribution in [0.4, 0.5) is 10.2 Å². The van der Waals surface area contributed by atoms with Gasteiger partial charge in [-0.15, -0.1) is 0 Å². The van der Waals surface area contributed by atoms with Gasteiger partial charge in [-0.2, -0.15) is 0 Å². The number of amides is 1. The van der Waals surface area contributed by atoms with E-state index in [-0.39, 0.29) is 46.3 Å². The van der Waals surface area contributed by atoms with Crippen molar-refractivity contribution >= 4 is 23.0 Å². The number of likely N-dealkylation sites (tertiary alicyclic amines) is 1. The third kappa shape index (κ3) is 4.77. The van der Waals surface area contributed by atoms with Gasteiger partial charge in [0, 0.05) is 43.0 Å². The summed E-state index contributed by atoms with van der Waals surface area (Å²) >= 11 is 0. The van der Waals surface area contributed by atoms with Gasteiger partial charge in [0.2, 0.25) is 5.91 Å². The number of piperidine rings is 1. The van der Waals surface area contributed by atoms with Gasteiger partial charge in [0.15, 0.2) is 5.78 Å². The Morgan fingerprint density at radius 1 is 1.33 bits per heavy atom. The number of fused-ring (bicyclic) bond motifs is 1. The smallest absolute Gasteiger partial charge is 0.236 e. The Kier molecular flexibility index (Phi) is 7.26. The number of ether oxygens (including phenoxy) is 1. The molecule has 2 aromatic heterocycles. The summed E-state index contributed by atoms with van der Waals surface area (Å²) in [5, 5.41) is 0. The van der Waals surface area contributed by atoms with E-state index in [2.05, 4.69) is 18.8 Å². The molecule has 2 N–H and O–H groups in total. The predicted octanol–water partition coefficient (Wildman–Crippen LogP) is 3.38. The normalized spacial score (nSPS) is 16.2. The van der Waals surface area contributed by atoms with Crippen molar-refractivity contribution in [3.63, 3.8) is 0 Å². The fourth-order valence-electron chi connectivity index (χ4n) is 4.64. The highest BCUT2D eigenvalue weighted by atomic mass is 19.1. The zero-order valence-corrected chi connectivity index (χ0v) is 21.4. The topological polar surface area (TPSA) is 106 Å². The molecule has 3 heterocycles. The molecule has 1 atom stereocenters. The van der Waals surface area contributed by atoms with Gasteiger partial charge >= 0.3 is 0 Å². The van der Waals surface area contributed by atoms with Gasteiger partial charge in [-0.1, -0.05) is 0 Å². The Bertz CT molecular complexity index is 1300. The Balaban J connectivity index is 1.78. The molecule has 0 spiro atoms. The van der Waals surface area contributed by atoms with Crippen LogP contribution in [0.15, 0.2) is 24.5 Å². The molecular formula is C26H33FN6O3. The minimum atomic E-state index is -0.633. The lowest BCUT2D eigenvalue weighted by Crippen LogP contribution is -2.45. The van der Waals surface area contributed by atoms with E-state index in [1.54, 1.807) is 12.4 Å². The number of rotatable bonds is 7. The van der Waals surface area contributed by atoms with E-state index in [0.29, 0.717) is 36.7 Å². The second-order valence-electron chi connectivity index (χ2n) is 9.63. The van der Waals surface area contributed by atoms with Crippen molar-refractivity contribution in [2.45, 2.75) is 45.6 Å². The first-order valence-electron chi connectivity index (χ1n) is 12.1. The number of carbonyl (C=O) groups excluding carboxylic acids is 2. The van der Waals surface area contributed by atoms with Crippen LogP contribution >= 0.6 is 0 Å². The number of imidazole rings is 1. The molecule has 1 aliphatic heterocycles. The maximum atomic E-state index is 15.4. The van der Waals surface area contributed by atoms with E-state index in [9.17, 15) is 9.59 Å². The molecule has 192 valence electrons. The summed E-state index contributed by atoms with van der Waals surface area (Å²) < 4.78 is 22.7. The number of aromatic nitrogens is 3. The first-order chi connectivity index (χ1) is 17.1. The van der Waals surface area contributed by atoms with Crippen LogP contribution in [0.3, 0.4) is 0 Å². The maximum Gasteiger partial charge on any atom is 0.236 e. The average molecular weight is 497 g/mol. The summed E-state index contributed by atoms with van der Waals surface area (Å²) in [6, 6.07) is 2.96. The van der Waals surface area contributed by atoms with Gasteiger partial charge in [0.05, 0.1) is 19.2 Å². The van der Waals surface area contributed by atoms with E-state index < -0.39 is 5.82 Å². The molecule has 0 aliphatic carbocycles. The largest absolute Gasteiger partial charge is 0.496 e. The predicted molar refractivity (Wildman–Crippen MR) is 136 cm³/mol. The number of hydrogen-bond acceptors (Lipinski definition) is 7. The lowest BCUT2D eigenvalue weighted by Gasteiger charge is -2.34. The number of anilines is 1. The van der Waals surface area contributed by atoms with Crippen molar-refractivity contribution in [3.05, 3.63) is 41.7 Å². The van der Waals surface area contributed by atoms with Crippen LogP contribution in [0.25, 0.3) is 16.8 Å². The van der Waals surface area contributed by atoms with Gasteiger partial charge in [-0.3, -0.25) is 18.9 Å². The second kappa shape index (κ2) is 10.2. The van der Waals surface area contributed by atoms with E-state index in [1.807, 2.05) is 21.2 Å². The summed E-state index contributed by atoms with van der Waals surface area (Å²) in [5.74, 6) is 0.169. The molecule has 36 heavy (non-hydrogen) atoms. The quantitative estimate of drug-likeness (QED) is 0.500. The Labute approximate surface area is 210 Å². The molecule has 9 nitrogen and oxygen atoms in total. The highest BCUT2D eigenvalue weighted by molar-refractivity contribution is 5.96. The fourth-order valence-corrected chi connectivity index (χ4v) is 4.64. The molecule has 1 fully saturated rings. The van der Waals surface area contributed by atoms with Crippen molar-refractivity contribution in [2.75, 3.05) is 39.5 Å². The van der Waals surface area contributed by atoms with Crippen LogP contribution < -0.4 is 10.5 Å². The summed E-state index contributed by atoms with van der Waals surface area (Å²) in [6.07, 6.45) is 4.98. The van der Waals surface area contributed by atoms with E-state index >= 15 is 4.39 Å². The maximum absolute atomic E-state index is 15.4. The first kappa shape index (κ1) is 25.6. The average Bonchev–Trinajstić information content (AvgIpc) is 3.23. The summed E-state index contributed by atoms with van der Waals surface area (Å²) in [4.78, 5) is 37.8. The molecule has 1 saturated heterocycles. The summed E-state index contributed by atoms with van der Waals surface area (Å²) in [5.41, 5.74) is 7.34. The SMILES string of the molecule is COc1cc(C(C)=O)cc(F)c1-c1nc(C2CCCN(C(=O)CN(C)C(C)C)C2)n2ccnc(N)c12. The van der Waals surface area contributed by atoms with E-state index in [1.165, 1.54) is 26.2 Å². The highest BCUT2D eigenvalue weighted by Gasteiger charge is 2.31.